The molecule has 176 valence electrons. The molecule has 1 aromatic heterocycles. The third-order valence-electron chi connectivity index (χ3n) is 7.20. The van der Waals surface area contributed by atoms with E-state index in [-0.39, 0.29) is 29.5 Å². The molecule has 1 N–H and O–H groups in total. The Bertz CT molecular complexity index is 660. The molecule has 0 aromatic carbocycles. The van der Waals surface area contributed by atoms with E-state index in [1.54, 1.807) is 0 Å². The highest BCUT2D eigenvalue weighted by atomic mass is 127. The van der Waals surface area contributed by atoms with E-state index in [0.29, 0.717) is 0 Å². The van der Waals surface area contributed by atoms with E-state index >= 15 is 0 Å². The highest BCUT2D eigenvalue weighted by Crippen LogP contribution is 2.32. The van der Waals surface area contributed by atoms with Gasteiger partial charge in [0.15, 0.2) is 5.96 Å². The van der Waals surface area contributed by atoms with Crippen molar-refractivity contribution in [3.8, 4) is 0 Å². The molecule has 0 radical (unpaired) electrons. The van der Waals surface area contributed by atoms with Crippen LogP contribution in [0.4, 0.5) is 5.00 Å². The molecule has 0 unspecified atom stereocenters. The van der Waals surface area contributed by atoms with E-state index in [0.717, 1.165) is 45.2 Å². The number of anilines is 1. The maximum atomic E-state index is 5.28. The Morgan fingerprint density at radius 2 is 1.74 bits per heavy atom. The molecule has 31 heavy (non-hydrogen) atoms. The van der Waals surface area contributed by atoms with E-state index in [4.69, 9.17) is 4.99 Å². The van der Waals surface area contributed by atoms with E-state index in [1.807, 2.05) is 11.3 Å². The molecule has 0 atom stereocenters. The van der Waals surface area contributed by atoms with Gasteiger partial charge in [0.1, 0.15) is 0 Å². The maximum absolute atomic E-state index is 5.28. The Morgan fingerprint density at radius 1 is 1.03 bits per heavy atom. The number of hydrogen-bond donors (Lipinski definition) is 1. The van der Waals surface area contributed by atoms with Gasteiger partial charge in [0.2, 0.25) is 0 Å². The van der Waals surface area contributed by atoms with Gasteiger partial charge in [-0.15, -0.1) is 35.3 Å². The fourth-order valence-electron chi connectivity index (χ4n) is 5.21. The Kier molecular flexibility index (Phi) is 9.73. The fourth-order valence-corrected chi connectivity index (χ4v) is 6.00. The maximum Gasteiger partial charge on any atom is 0.194 e. The van der Waals surface area contributed by atoms with Gasteiger partial charge in [-0.1, -0.05) is 6.42 Å². The van der Waals surface area contributed by atoms with Crippen LogP contribution in [0.5, 0.6) is 0 Å². The quantitative estimate of drug-likeness (QED) is 0.340. The van der Waals surface area contributed by atoms with E-state index in [2.05, 4.69) is 56.4 Å². The van der Waals surface area contributed by atoms with Crippen LogP contribution in [-0.4, -0.2) is 98.7 Å². The molecule has 0 amide bonds. The Hall–Kier alpha value is -0.580. The van der Waals surface area contributed by atoms with Crippen LogP contribution >= 0.6 is 35.3 Å². The highest BCUT2D eigenvalue weighted by molar-refractivity contribution is 14.0. The van der Waals surface area contributed by atoms with Crippen molar-refractivity contribution in [2.75, 3.05) is 77.4 Å². The molecule has 0 saturated carbocycles. The van der Waals surface area contributed by atoms with E-state index in [9.17, 15) is 0 Å². The molecule has 3 fully saturated rings. The fraction of sp³-hybridized carbons (Fsp3) is 0.783. The summed E-state index contributed by atoms with van der Waals surface area (Å²) in [6.07, 6.45) is 6.60. The zero-order valence-electron chi connectivity index (χ0n) is 19.4. The standard InChI is InChI=1S/C23H40N6S.HI/c1-3-24-22(28-17-15-27(16-18-28)21-8-7-19-30-21)25-20-23(9-13-26(2)14-10-23)29-11-5-4-6-12-29;/h7-8,19H,3-6,9-18,20H2,1-2H3,(H,24,25);1H. The number of aliphatic imine (C=N–C) groups is 1. The van der Waals surface area contributed by atoms with Crippen molar-refractivity contribution in [2.24, 2.45) is 4.99 Å². The van der Waals surface area contributed by atoms with Crippen LogP contribution in [0.2, 0.25) is 0 Å². The average Bonchev–Trinajstić information content (AvgIpc) is 3.34. The van der Waals surface area contributed by atoms with Crippen molar-refractivity contribution in [2.45, 2.75) is 44.6 Å². The second-order valence-corrected chi connectivity index (χ2v) is 10.1. The summed E-state index contributed by atoms with van der Waals surface area (Å²) >= 11 is 1.85. The minimum Gasteiger partial charge on any atom is -0.360 e. The van der Waals surface area contributed by atoms with Gasteiger partial charge in [-0.25, -0.2) is 0 Å². The van der Waals surface area contributed by atoms with Gasteiger partial charge < -0.3 is 20.0 Å². The molecule has 0 aliphatic carbocycles. The molecule has 8 heteroatoms. The first-order valence-electron chi connectivity index (χ1n) is 12.0. The molecule has 3 aliphatic rings. The monoisotopic (exact) mass is 560 g/mol. The van der Waals surface area contributed by atoms with Crippen LogP contribution in [0.25, 0.3) is 0 Å². The number of nitrogens with one attached hydrogen (secondary N) is 1. The minimum absolute atomic E-state index is 0. The smallest absolute Gasteiger partial charge is 0.194 e. The van der Waals surface area contributed by atoms with Crippen LogP contribution in [0.15, 0.2) is 22.5 Å². The lowest BCUT2D eigenvalue weighted by atomic mass is 9.84. The number of hydrogen-bond acceptors (Lipinski definition) is 5. The normalized spacial score (nSPS) is 23.5. The summed E-state index contributed by atoms with van der Waals surface area (Å²) in [4.78, 5) is 15.5. The zero-order valence-corrected chi connectivity index (χ0v) is 22.5. The Balaban J connectivity index is 0.00000272. The molecule has 4 rings (SSSR count). The van der Waals surface area contributed by atoms with Gasteiger partial charge in [0, 0.05) is 38.3 Å². The van der Waals surface area contributed by atoms with Crippen molar-refractivity contribution in [3.05, 3.63) is 17.5 Å². The van der Waals surface area contributed by atoms with Crippen molar-refractivity contribution in [3.63, 3.8) is 0 Å². The lowest BCUT2D eigenvalue weighted by molar-refractivity contribution is 0.0206. The predicted octanol–water partition coefficient (Wildman–Crippen LogP) is 3.40. The Labute approximate surface area is 210 Å². The first kappa shape index (κ1) is 25.1. The summed E-state index contributed by atoms with van der Waals surface area (Å²) in [6, 6.07) is 4.39. The van der Waals surface area contributed by atoms with Gasteiger partial charge in [0.25, 0.3) is 0 Å². The number of piperidine rings is 2. The Morgan fingerprint density at radius 3 is 2.35 bits per heavy atom. The zero-order chi connectivity index (χ0) is 20.8. The van der Waals surface area contributed by atoms with Gasteiger partial charge in [-0.05, 0) is 83.3 Å². The van der Waals surface area contributed by atoms with E-state index < -0.39 is 0 Å². The lowest BCUT2D eigenvalue weighted by Crippen LogP contribution is -2.59. The number of likely N-dealkylation sites (tertiary alicyclic amines) is 2. The molecule has 6 nitrogen and oxygen atoms in total. The molecule has 0 bridgehead atoms. The van der Waals surface area contributed by atoms with Gasteiger partial charge in [0.05, 0.1) is 11.5 Å². The van der Waals surface area contributed by atoms with Gasteiger partial charge in [-0.3, -0.25) is 9.89 Å². The second kappa shape index (κ2) is 12.0. The second-order valence-electron chi connectivity index (χ2n) is 9.17. The predicted molar refractivity (Wildman–Crippen MR) is 144 cm³/mol. The number of piperazine rings is 1. The molecular weight excluding hydrogens is 519 g/mol. The van der Waals surface area contributed by atoms with Crippen molar-refractivity contribution < 1.29 is 0 Å². The average molecular weight is 561 g/mol. The summed E-state index contributed by atoms with van der Waals surface area (Å²) in [5.74, 6) is 1.12. The van der Waals surface area contributed by atoms with Crippen molar-refractivity contribution in [1.82, 2.24) is 20.0 Å². The lowest BCUT2D eigenvalue weighted by Gasteiger charge is -2.49. The van der Waals surface area contributed by atoms with Crippen LogP contribution in [0.1, 0.15) is 39.0 Å². The summed E-state index contributed by atoms with van der Waals surface area (Å²) < 4.78 is 0. The van der Waals surface area contributed by atoms with Crippen LogP contribution in [0.3, 0.4) is 0 Å². The molecule has 1 aromatic rings. The minimum atomic E-state index is 0. The third kappa shape index (κ3) is 6.26. The number of rotatable bonds is 5. The highest BCUT2D eigenvalue weighted by Gasteiger charge is 2.39. The molecule has 0 spiro atoms. The third-order valence-corrected chi connectivity index (χ3v) is 8.13. The molecule has 4 heterocycles. The van der Waals surface area contributed by atoms with Gasteiger partial charge in [-0.2, -0.15) is 0 Å². The number of guanidine groups is 1. The van der Waals surface area contributed by atoms with E-state index in [1.165, 1.54) is 63.3 Å². The summed E-state index contributed by atoms with van der Waals surface area (Å²) in [7, 11) is 2.26. The number of nitrogens with zero attached hydrogens (tertiary/aromatic N) is 5. The summed E-state index contributed by atoms with van der Waals surface area (Å²) in [6.45, 7) is 13.2. The largest absolute Gasteiger partial charge is 0.360 e. The van der Waals surface area contributed by atoms with Crippen molar-refractivity contribution >= 4 is 46.3 Å². The van der Waals surface area contributed by atoms with Crippen LogP contribution in [0, 0.1) is 0 Å². The van der Waals surface area contributed by atoms with Crippen molar-refractivity contribution in [1.29, 1.82) is 0 Å². The molecule has 3 aliphatic heterocycles. The number of halogens is 1. The first-order valence-corrected chi connectivity index (χ1v) is 12.8. The molecular formula is C23H41IN6S. The first-order chi connectivity index (χ1) is 14.7. The summed E-state index contributed by atoms with van der Waals surface area (Å²) in [5, 5.41) is 7.17. The van der Waals surface area contributed by atoms with Crippen LogP contribution in [-0.2, 0) is 0 Å². The van der Waals surface area contributed by atoms with Gasteiger partial charge >= 0.3 is 0 Å². The topological polar surface area (TPSA) is 37.4 Å². The summed E-state index contributed by atoms with van der Waals surface area (Å²) in [5.41, 5.74) is 0.256. The van der Waals surface area contributed by atoms with Crippen LogP contribution < -0.4 is 10.2 Å². The molecule has 3 saturated heterocycles. The SMILES string of the molecule is CCNC(=NCC1(N2CCCCC2)CCN(C)CC1)N1CCN(c2cccs2)CC1.I. The number of thiophene rings is 1.